The lowest BCUT2D eigenvalue weighted by Crippen LogP contribution is -2.31. The first-order valence-electron chi connectivity index (χ1n) is 5.88. The highest BCUT2D eigenvalue weighted by atomic mass is 79.9. The van der Waals surface area contributed by atoms with Gasteiger partial charge in [0.2, 0.25) is 5.91 Å². The average molecular weight is 308 g/mol. The molecule has 2 N–H and O–H groups in total. The van der Waals surface area contributed by atoms with Crippen LogP contribution < -0.4 is 10.6 Å². The van der Waals surface area contributed by atoms with Gasteiger partial charge in [0.15, 0.2) is 0 Å². The van der Waals surface area contributed by atoms with Crippen molar-refractivity contribution < 1.29 is 4.79 Å². The number of carbonyl (C=O) groups excluding carboxylic acids is 1. The van der Waals surface area contributed by atoms with Crippen LogP contribution in [-0.2, 0) is 4.79 Å². The van der Waals surface area contributed by atoms with Crippen molar-refractivity contribution >= 4 is 27.5 Å². The van der Waals surface area contributed by atoms with Gasteiger partial charge in [-0.25, -0.2) is 0 Å². The molecule has 1 aromatic rings. The van der Waals surface area contributed by atoms with E-state index in [0.29, 0.717) is 6.04 Å². The van der Waals surface area contributed by atoms with E-state index in [4.69, 9.17) is 5.26 Å². The van der Waals surface area contributed by atoms with Crippen molar-refractivity contribution in [2.24, 2.45) is 0 Å². The van der Waals surface area contributed by atoms with Crippen molar-refractivity contribution in [3.8, 4) is 6.07 Å². The zero-order valence-corrected chi connectivity index (χ0v) is 11.4. The van der Waals surface area contributed by atoms with Gasteiger partial charge in [0.25, 0.3) is 0 Å². The second kappa shape index (κ2) is 5.87. The molecule has 0 aromatic heterocycles. The normalized spacial score (nSPS) is 15.6. The van der Waals surface area contributed by atoms with Gasteiger partial charge in [0, 0.05) is 16.2 Å². The molecular formula is C13H14BrN3O. The number of halogens is 1. The molecule has 0 aliphatic heterocycles. The van der Waals surface area contributed by atoms with Gasteiger partial charge in [0.05, 0.1) is 12.5 Å². The average Bonchev–Trinajstić information content (AvgIpc) is 3.12. The Hall–Kier alpha value is -1.54. The summed E-state index contributed by atoms with van der Waals surface area (Å²) in [5.41, 5.74) is 0.829. The number of hydrogen-bond donors (Lipinski definition) is 2. The van der Waals surface area contributed by atoms with Crippen molar-refractivity contribution in [2.75, 3.05) is 5.32 Å². The third kappa shape index (κ3) is 4.04. The predicted molar refractivity (Wildman–Crippen MR) is 72.9 cm³/mol. The summed E-state index contributed by atoms with van der Waals surface area (Å²) in [5, 5.41) is 15.0. The van der Waals surface area contributed by atoms with Crippen LogP contribution in [0, 0.1) is 11.3 Å². The second-order valence-electron chi connectivity index (χ2n) is 4.38. The quantitative estimate of drug-likeness (QED) is 0.878. The molecule has 1 atom stereocenters. The third-order valence-electron chi connectivity index (χ3n) is 2.65. The van der Waals surface area contributed by atoms with Gasteiger partial charge in [-0.3, -0.25) is 4.79 Å². The first-order valence-corrected chi connectivity index (χ1v) is 6.68. The van der Waals surface area contributed by atoms with Crippen LogP contribution in [0.25, 0.3) is 0 Å². The van der Waals surface area contributed by atoms with Crippen LogP contribution in [-0.4, -0.2) is 18.0 Å². The number of carbonyl (C=O) groups is 1. The Bertz CT molecular complexity index is 479. The molecule has 0 bridgehead atoms. The third-order valence-corrected chi connectivity index (χ3v) is 3.15. The first kappa shape index (κ1) is 12.9. The zero-order valence-electron chi connectivity index (χ0n) is 9.82. The molecule has 5 heteroatoms. The highest BCUT2D eigenvalue weighted by molar-refractivity contribution is 9.10. The van der Waals surface area contributed by atoms with E-state index in [1.54, 1.807) is 0 Å². The van der Waals surface area contributed by atoms with Gasteiger partial charge >= 0.3 is 0 Å². The van der Waals surface area contributed by atoms with E-state index in [2.05, 4.69) is 32.6 Å². The SMILES string of the molecule is N#CC(CC(=O)NC1CC1)Nc1cccc(Br)c1. The lowest BCUT2D eigenvalue weighted by atomic mass is 10.2. The van der Waals surface area contributed by atoms with Crippen LogP contribution in [0.4, 0.5) is 5.69 Å². The Balaban J connectivity index is 1.88. The van der Waals surface area contributed by atoms with Crippen molar-refractivity contribution in [1.82, 2.24) is 5.32 Å². The standard InChI is InChI=1S/C13H14BrN3O/c14-9-2-1-3-11(6-9)16-12(8-15)7-13(18)17-10-4-5-10/h1-3,6,10,12,16H,4-5,7H2,(H,17,18). The minimum Gasteiger partial charge on any atom is -0.369 e. The molecule has 1 fully saturated rings. The molecule has 1 unspecified atom stereocenters. The first-order chi connectivity index (χ1) is 8.67. The Morgan fingerprint density at radius 1 is 1.56 bits per heavy atom. The Morgan fingerprint density at radius 2 is 2.33 bits per heavy atom. The molecule has 1 saturated carbocycles. The fourth-order valence-electron chi connectivity index (χ4n) is 1.61. The Labute approximate surface area is 115 Å². The molecule has 94 valence electrons. The number of rotatable bonds is 5. The maximum atomic E-state index is 11.6. The highest BCUT2D eigenvalue weighted by Crippen LogP contribution is 2.19. The smallest absolute Gasteiger partial charge is 0.223 e. The molecule has 0 saturated heterocycles. The lowest BCUT2D eigenvalue weighted by Gasteiger charge is -2.13. The zero-order chi connectivity index (χ0) is 13.0. The summed E-state index contributed by atoms with van der Waals surface area (Å²) in [7, 11) is 0. The van der Waals surface area contributed by atoms with E-state index >= 15 is 0 Å². The van der Waals surface area contributed by atoms with E-state index in [9.17, 15) is 4.79 Å². The van der Waals surface area contributed by atoms with E-state index in [1.807, 2.05) is 24.3 Å². The summed E-state index contributed by atoms with van der Waals surface area (Å²) in [6.07, 6.45) is 2.30. The highest BCUT2D eigenvalue weighted by Gasteiger charge is 2.24. The van der Waals surface area contributed by atoms with Gasteiger partial charge < -0.3 is 10.6 Å². The van der Waals surface area contributed by atoms with Crippen LogP contribution in [0.15, 0.2) is 28.7 Å². The van der Waals surface area contributed by atoms with Crippen LogP contribution >= 0.6 is 15.9 Å². The summed E-state index contributed by atoms with van der Waals surface area (Å²) < 4.78 is 0.937. The second-order valence-corrected chi connectivity index (χ2v) is 5.30. The van der Waals surface area contributed by atoms with Crippen molar-refractivity contribution in [2.45, 2.75) is 31.3 Å². The van der Waals surface area contributed by atoms with E-state index in [0.717, 1.165) is 23.0 Å². The lowest BCUT2D eigenvalue weighted by molar-refractivity contribution is -0.121. The molecule has 1 aliphatic rings. The van der Waals surface area contributed by atoms with Gasteiger partial charge in [-0.2, -0.15) is 5.26 Å². The van der Waals surface area contributed by atoms with E-state index in [-0.39, 0.29) is 12.3 Å². The fourth-order valence-corrected chi connectivity index (χ4v) is 2.01. The molecule has 4 nitrogen and oxygen atoms in total. The predicted octanol–water partition coefficient (Wildman–Crippen LogP) is 2.42. The minimum atomic E-state index is -0.502. The molecule has 0 radical (unpaired) electrons. The van der Waals surface area contributed by atoms with Crippen molar-refractivity contribution in [3.05, 3.63) is 28.7 Å². The molecule has 0 heterocycles. The van der Waals surface area contributed by atoms with E-state index < -0.39 is 6.04 Å². The molecule has 1 aromatic carbocycles. The van der Waals surface area contributed by atoms with Crippen molar-refractivity contribution in [1.29, 1.82) is 5.26 Å². The number of benzene rings is 1. The summed E-state index contributed by atoms with van der Waals surface area (Å²) in [5.74, 6) is -0.0634. The molecule has 18 heavy (non-hydrogen) atoms. The number of anilines is 1. The van der Waals surface area contributed by atoms with E-state index in [1.165, 1.54) is 0 Å². The number of nitrogens with one attached hydrogen (secondary N) is 2. The molecule has 1 aliphatic carbocycles. The fraction of sp³-hybridized carbons (Fsp3) is 0.385. The molecular weight excluding hydrogens is 294 g/mol. The summed E-state index contributed by atoms with van der Waals surface area (Å²) in [4.78, 5) is 11.6. The maximum Gasteiger partial charge on any atom is 0.223 e. The number of amides is 1. The van der Waals surface area contributed by atoms with Gasteiger partial charge in [-0.15, -0.1) is 0 Å². The minimum absolute atomic E-state index is 0.0634. The van der Waals surface area contributed by atoms with Crippen LogP contribution in [0.2, 0.25) is 0 Å². The Kier molecular flexibility index (Phi) is 4.21. The largest absolute Gasteiger partial charge is 0.369 e. The number of hydrogen-bond acceptors (Lipinski definition) is 3. The van der Waals surface area contributed by atoms with Crippen LogP contribution in [0.3, 0.4) is 0 Å². The molecule has 2 rings (SSSR count). The Morgan fingerprint density at radius 3 is 2.94 bits per heavy atom. The number of nitriles is 1. The summed E-state index contributed by atoms with van der Waals surface area (Å²) in [6, 6.07) is 9.48. The topological polar surface area (TPSA) is 64.9 Å². The van der Waals surface area contributed by atoms with Crippen LogP contribution in [0.5, 0.6) is 0 Å². The maximum absolute atomic E-state index is 11.6. The van der Waals surface area contributed by atoms with Gasteiger partial charge in [0.1, 0.15) is 6.04 Å². The van der Waals surface area contributed by atoms with Crippen molar-refractivity contribution in [3.63, 3.8) is 0 Å². The van der Waals surface area contributed by atoms with Gasteiger partial charge in [-0.1, -0.05) is 22.0 Å². The monoisotopic (exact) mass is 307 g/mol. The molecule has 0 spiro atoms. The molecule has 1 amide bonds. The number of nitrogens with zero attached hydrogens (tertiary/aromatic N) is 1. The van der Waals surface area contributed by atoms with Gasteiger partial charge in [-0.05, 0) is 31.0 Å². The van der Waals surface area contributed by atoms with Crippen LogP contribution in [0.1, 0.15) is 19.3 Å². The summed E-state index contributed by atoms with van der Waals surface area (Å²) in [6.45, 7) is 0. The summed E-state index contributed by atoms with van der Waals surface area (Å²) >= 11 is 3.36.